The number of nitrogen functional groups attached to an aromatic ring is 1. The Balaban J connectivity index is 1.60. The molecular weight excluding hydrogens is 356 g/mol. The molecule has 0 spiro atoms. The van der Waals surface area contributed by atoms with Crippen molar-refractivity contribution < 1.29 is 9.53 Å². The molecule has 0 aliphatic carbocycles. The monoisotopic (exact) mass is 380 g/mol. The van der Waals surface area contributed by atoms with Crippen LogP contribution in [0.2, 0.25) is 0 Å². The number of fused-ring (bicyclic) bond motifs is 1. The number of imidazole rings is 1. The second-order valence-corrected chi connectivity index (χ2v) is 7.05. The van der Waals surface area contributed by atoms with Gasteiger partial charge in [0, 0.05) is 19.5 Å². The largest absolute Gasteiger partial charge is 0.447 e. The maximum absolute atomic E-state index is 11.9. The first-order chi connectivity index (χ1) is 13.5. The number of nitrogens with two attached hydrogens (primary N) is 1. The average molecular weight is 380 g/mol. The summed E-state index contributed by atoms with van der Waals surface area (Å²) in [6, 6.07) is 0. The number of nitrogens with zero attached hydrogens (tertiary/aromatic N) is 5. The molecule has 0 saturated carbocycles. The van der Waals surface area contributed by atoms with Crippen LogP contribution in [0.5, 0.6) is 0 Å². The summed E-state index contributed by atoms with van der Waals surface area (Å²) in [7, 11) is 0. The minimum absolute atomic E-state index is 0.0993. The first-order valence-corrected chi connectivity index (χ1v) is 9.34. The van der Waals surface area contributed by atoms with Crippen molar-refractivity contribution >= 4 is 23.1 Å². The summed E-state index contributed by atoms with van der Waals surface area (Å²) in [6.07, 6.45) is 9.16. The summed E-state index contributed by atoms with van der Waals surface area (Å²) in [6.45, 7) is 5.45. The first-order valence-electron chi connectivity index (χ1n) is 9.34. The Morgan fingerprint density at radius 2 is 2.14 bits per heavy atom. The number of hydrogen-bond donors (Lipinski definition) is 1. The summed E-state index contributed by atoms with van der Waals surface area (Å²) in [5.74, 6) is 9.79. The fourth-order valence-corrected chi connectivity index (χ4v) is 3.11. The van der Waals surface area contributed by atoms with E-state index in [-0.39, 0.29) is 12.2 Å². The highest BCUT2D eigenvalue weighted by Gasteiger charge is 2.23. The molecule has 3 rings (SSSR count). The lowest BCUT2D eigenvalue weighted by Crippen LogP contribution is -2.39. The Labute approximate surface area is 164 Å². The van der Waals surface area contributed by atoms with Crippen molar-refractivity contribution in [2.24, 2.45) is 5.92 Å². The van der Waals surface area contributed by atoms with Gasteiger partial charge in [0.15, 0.2) is 11.5 Å². The fraction of sp³-hybridized carbons (Fsp3) is 0.500. The van der Waals surface area contributed by atoms with Gasteiger partial charge < -0.3 is 19.9 Å². The summed E-state index contributed by atoms with van der Waals surface area (Å²) in [4.78, 5) is 26.5. The molecule has 0 atom stereocenters. The van der Waals surface area contributed by atoms with E-state index >= 15 is 0 Å². The van der Waals surface area contributed by atoms with Crippen molar-refractivity contribution in [1.82, 2.24) is 24.4 Å². The maximum Gasteiger partial charge on any atom is 0.410 e. The van der Waals surface area contributed by atoms with Crippen LogP contribution in [-0.2, 0) is 11.3 Å². The molecule has 1 fully saturated rings. The van der Waals surface area contributed by atoms with E-state index in [1.807, 2.05) is 13.8 Å². The smallest absolute Gasteiger partial charge is 0.410 e. The zero-order valence-corrected chi connectivity index (χ0v) is 16.2. The normalized spacial score (nSPS) is 14.6. The third-order valence-corrected chi connectivity index (χ3v) is 4.55. The Morgan fingerprint density at radius 1 is 1.39 bits per heavy atom. The van der Waals surface area contributed by atoms with Gasteiger partial charge in [0.2, 0.25) is 5.82 Å². The molecule has 8 heteroatoms. The zero-order chi connectivity index (χ0) is 20.1. The minimum Gasteiger partial charge on any atom is -0.447 e. The van der Waals surface area contributed by atoms with E-state index in [1.165, 1.54) is 0 Å². The zero-order valence-electron chi connectivity index (χ0n) is 16.2. The van der Waals surface area contributed by atoms with Gasteiger partial charge in [-0.25, -0.2) is 19.7 Å². The summed E-state index contributed by atoms with van der Waals surface area (Å²) < 4.78 is 6.98. The van der Waals surface area contributed by atoms with E-state index in [2.05, 4.69) is 32.7 Å². The van der Waals surface area contributed by atoms with Crippen molar-refractivity contribution in [3.8, 4) is 24.2 Å². The highest BCUT2D eigenvalue weighted by Crippen LogP contribution is 2.21. The van der Waals surface area contributed by atoms with Crippen LogP contribution in [0.4, 0.5) is 10.6 Å². The highest BCUT2D eigenvalue weighted by atomic mass is 16.6. The van der Waals surface area contributed by atoms with Crippen LogP contribution in [0.25, 0.3) is 11.2 Å². The van der Waals surface area contributed by atoms with Crippen molar-refractivity contribution in [2.45, 2.75) is 45.8 Å². The molecule has 2 aromatic heterocycles. The van der Waals surface area contributed by atoms with Gasteiger partial charge in [-0.3, -0.25) is 0 Å². The molecule has 1 amide bonds. The lowest BCUT2D eigenvalue weighted by Gasteiger charge is -2.31. The second-order valence-electron chi connectivity index (χ2n) is 7.05. The van der Waals surface area contributed by atoms with E-state index < -0.39 is 0 Å². The minimum atomic E-state index is -0.236. The van der Waals surface area contributed by atoms with Crippen LogP contribution in [0.15, 0.2) is 6.33 Å². The number of anilines is 1. The molecule has 2 N–H and O–H groups in total. The molecular formula is C20H24N6O2. The predicted octanol–water partition coefficient (Wildman–Crippen LogP) is 2.04. The van der Waals surface area contributed by atoms with Crippen molar-refractivity contribution in [1.29, 1.82) is 0 Å². The quantitative estimate of drug-likeness (QED) is 0.818. The Hall–Kier alpha value is -3.26. The fourth-order valence-electron chi connectivity index (χ4n) is 3.11. The third kappa shape index (κ3) is 4.52. The summed E-state index contributed by atoms with van der Waals surface area (Å²) in [5, 5.41) is 0. The number of terminal acetylenes is 1. The molecule has 28 heavy (non-hydrogen) atoms. The Morgan fingerprint density at radius 3 is 2.82 bits per heavy atom. The molecule has 146 valence electrons. The number of rotatable bonds is 3. The van der Waals surface area contributed by atoms with E-state index in [9.17, 15) is 4.79 Å². The molecule has 1 saturated heterocycles. The molecule has 8 nitrogen and oxygen atoms in total. The molecule has 3 heterocycles. The lowest BCUT2D eigenvalue weighted by molar-refractivity contribution is 0.0657. The average Bonchev–Trinajstić information content (AvgIpc) is 3.05. The molecule has 1 aliphatic rings. The van der Waals surface area contributed by atoms with Crippen LogP contribution in [0, 0.1) is 30.1 Å². The highest BCUT2D eigenvalue weighted by molar-refractivity contribution is 5.82. The van der Waals surface area contributed by atoms with Gasteiger partial charge in [0.1, 0.15) is 5.52 Å². The molecule has 0 aromatic carbocycles. The SMILES string of the molecule is C#CCn1cnc2c(N)nc(C#CCC3CCN(C(=O)OC(C)C)CC3)nc21. The van der Waals surface area contributed by atoms with Crippen LogP contribution in [-0.4, -0.2) is 49.7 Å². The summed E-state index contributed by atoms with van der Waals surface area (Å²) in [5.41, 5.74) is 7.08. The predicted molar refractivity (Wildman–Crippen MR) is 106 cm³/mol. The van der Waals surface area contributed by atoms with Gasteiger partial charge in [0.05, 0.1) is 19.0 Å². The molecule has 0 unspecified atom stereocenters. The van der Waals surface area contributed by atoms with Crippen LogP contribution >= 0.6 is 0 Å². The third-order valence-electron chi connectivity index (χ3n) is 4.55. The van der Waals surface area contributed by atoms with Gasteiger partial charge in [-0.2, -0.15) is 0 Å². The van der Waals surface area contributed by atoms with Crippen molar-refractivity contribution in [3.05, 3.63) is 12.2 Å². The maximum atomic E-state index is 11.9. The number of piperidine rings is 1. The molecule has 0 bridgehead atoms. The second kappa shape index (κ2) is 8.62. The van der Waals surface area contributed by atoms with Gasteiger partial charge in [0.25, 0.3) is 0 Å². The van der Waals surface area contributed by atoms with E-state index in [1.54, 1.807) is 15.8 Å². The van der Waals surface area contributed by atoms with E-state index in [4.69, 9.17) is 16.9 Å². The number of hydrogen-bond acceptors (Lipinski definition) is 6. The molecule has 0 radical (unpaired) electrons. The van der Waals surface area contributed by atoms with E-state index in [0.717, 1.165) is 19.3 Å². The number of carbonyl (C=O) groups excluding carboxylic acids is 1. The topological polar surface area (TPSA) is 99.2 Å². The standard InChI is InChI=1S/C20H24N6O2/c1-4-10-26-13-22-17-18(21)23-16(24-19(17)26)7-5-6-15-8-11-25(12-9-15)20(27)28-14(2)3/h1,13-15H,6,8-12H2,2-3H3,(H2,21,23,24). The number of ether oxygens (including phenoxy) is 1. The van der Waals surface area contributed by atoms with Crippen molar-refractivity contribution in [2.75, 3.05) is 18.8 Å². The van der Waals surface area contributed by atoms with Gasteiger partial charge in [-0.05, 0) is 38.5 Å². The Kier molecular flexibility index (Phi) is 6.00. The lowest BCUT2D eigenvalue weighted by atomic mass is 9.94. The number of likely N-dealkylation sites (tertiary alicyclic amines) is 1. The van der Waals surface area contributed by atoms with Crippen LogP contribution < -0.4 is 5.73 Å². The number of carbonyl (C=O) groups is 1. The number of amides is 1. The molecule has 2 aromatic rings. The van der Waals surface area contributed by atoms with Crippen molar-refractivity contribution in [3.63, 3.8) is 0 Å². The molecule has 1 aliphatic heterocycles. The van der Waals surface area contributed by atoms with Crippen LogP contribution in [0.3, 0.4) is 0 Å². The van der Waals surface area contributed by atoms with E-state index in [0.29, 0.717) is 48.4 Å². The Bertz CT molecular complexity index is 955. The summed E-state index contributed by atoms with van der Waals surface area (Å²) >= 11 is 0. The van der Waals surface area contributed by atoms with Crippen LogP contribution in [0.1, 0.15) is 38.9 Å². The van der Waals surface area contributed by atoms with Gasteiger partial charge >= 0.3 is 6.09 Å². The number of aromatic nitrogens is 4. The van der Waals surface area contributed by atoms with Gasteiger partial charge in [-0.1, -0.05) is 11.8 Å². The first kappa shape index (κ1) is 19.5. The van der Waals surface area contributed by atoms with Gasteiger partial charge in [-0.15, -0.1) is 6.42 Å².